The van der Waals surface area contributed by atoms with Gasteiger partial charge in [-0.15, -0.1) is 0 Å². The Balaban J connectivity index is 1.85. The van der Waals surface area contributed by atoms with Crippen molar-refractivity contribution in [3.8, 4) is 0 Å². The molecule has 1 atom stereocenters. The van der Waals surface area contributed by atoms with Gasteiger partial charge in [0.2, 0.25) is 0 Å². The molecule has 0 heterocycles. The van der Waals surface area contributed by atoms with E-state index in [9.17, 15) is 0 Å². The van der Waals surface area contributed by atoms with E-state index >= 15 is 0 Å². The van der Waals surface area contributed by atoms with Crippen LogP contribution >= 0.6 is 0 Å². The standard InChI is InChI=1S/C15H32N2O/c1-13(2)12-16-9-5-6-14(3)18-11-10-17(4)15-7-8-15/h13-16H,5-12H2,1-4H3. The Hall–Kier alpha value is -0.120. The smallest absolute Gasteiger partial charge is 0.0597 e. The van der Waals surface area contributed by atoms with Crippen LogP contribution in [0.3, 0.4) is 0 Å². The summed E-state index contributed by atoms with van der Waals surface area (Å²) in [7, 11) is 2.21. The lowest BCUT2D eigenvalue weighted by atomic mass is 10.2. The molecule has 0 radical (unpaired) electrons. The van der Waals surface area contributed by atoms with E-state index in [0.717, 1.165) is 44.6 Å². The average Bonchev–Trinajstić information content (AvgIpc) is 3.11. The van der Waals surface area contributed by atoms with Crippen LogP contribution in [0.2, 0.25) is 0 Å². The maximum Gasteiger partial charge on any atom is 0.0597 e. The fraction of sp³-hybridized carbons (Fsp3) is 1.00. The summed E-state index contributed by atoms with van der Waals surface area (Å²) >= 11 is 0. The lowest BCUT2D eigenvalue weighted by Gasteiger charge is -2.18. The van der Waals surface area contributed by atoms with Gasteiger partial charge in [0.25, 0.3) is 0 Å². The van der Waals surface area contributed by atoms with Crippen LogP contribution in [-0.4, -0.2) is 50.3 Å². The Morgan fingerprint density at radius 3 is 2.61 bits per heavy atom. The third kappa shape index (κ3) is 8.06. The predicted octanol–water partition coefficient (Wildman–Crippen LogP) is 2.51. The molecule has 1 fully saturated rings. The molecule has 0 aromatic rings. The van der Waals surface area contributed by atoms with Crippen LogP contribution in [0.5, 0.6) is 0 Å². The molecule has 1 rings (SSSR count). The number of ether oxygens (including phenoxy) is 1. The quantitative estimate of drug-likeness (QED) is 0.575. The molecule has 0 spiro atoms. The molecule has 0 aromatic heterocycles. The predicted molar refractivity (Wildman–Crippen MR) is 78.0 cm³/mol. The molecule has 0 amide bonds. The first kappa shape index (κ1) is 15.9. The van der Waals surface area contributed by atoms with Gasteiger partial charge in [-0.25, -0.2) is 0 Å². The lowest BCUT2D eigenvalue weighted by molar-refractivity contribution is 0.0453. The minimum absolute atomic E-state index is 0.401. The summed E-state index contributed by atoms with van der Waals surface area (Å²) in [5, 5.41) is 3.47. The summed E-state index contributed by atoms with van der Waals surface area (Å²) < 4.78 is 5.85. The van der Waals surface area contributed by atoms with Crippen LogP contribution in [0, 0.1) is 5.92 Å². The highest BCUT2D eigenvalue weighted by Crippen LogP contribution is 2.24. The first-order valence-corrected chi connectivity index (χ1v) is 7.62. The highest BCUT2D eigenvalue weighted by atomic mass is 16.5. The molecule has 0 aliphatic heterocycles. The van der Waals surface area contributed by atoms with Crippen molar-refractivity contribution in [1.29, 1.82) is 0 Å². The molecule has 1 aliphatic carbocycles. The molecular formula is C15H32N2O. The molecule has 1 unspecified atom stereocenters. The zero-order valence-electron chi connectivity index (χ0n) is 12.7. The Kier molecular flexibility index (Phi) is 7.87. The van der Waals surface area contributed by atoms with Gasteiger partial charge in [-0.3, -0.25) is 0 Å². The van der Waals surface area contributed by atoms with Crippen molar-refractivity contribution >= 4 is 0 Å². The van der Waals surface area contributed by atoms with Gasteiger partial charge in [0.15, 0.2) is 0 Å². The van der Waals surface area contributed by atoms with Crippen LogP contribution in [0.25, 0.3) is 0 Å². The van der Waals surface area contributed by atoms with Crippen molar-refractivity contribution in [1.82, 2.24) is 10.2 Å². The molecular weight excluding hydrogens is 224 g/mol. The molecule has 1 saturated carbocycles. The highest BCUT2D eigenvalue weighted by molar-refractivity contribution is 4.82. The van der Waals surface area contributed by atoms with Crippen LogP contribution in [0.1, 0.15) is 46.5 Å². The molecule has 18 heavy (non-hydrogen) atoms. The Bertz CT molecular complexity index is 205. The highest BCUT2D eigenvalue weighted by Gasteiger charge is 2.25. The van der Waals surface area contributed by atoms with Gasteiger partial charge in [-0.2, -0.15) is 0 Å². The summed E-state index contributed by atoms with van der Waals surface area (Å²) in [4.78, 5) is 2.43. The molecule has 0 bridgehead atoms. The van der Waals surface area contributed by atoms with Crippen molar-refractivity contribution in [2.75, 3.05) is 33.3 Å². The largest absolute Gasteiger partial charge is 0.377 e. The van der Waals surface area contributed by atoms with E-state index in [-0.39, 0.29) is 0 Å². The summed E-state index contributed by atoms with van der Waals surface area (Å²) in [5.41, 5.74) is 0. The normalized spacial score (nSPS) is 17.7. The maximum absolute atomic E-state index is 5.85. The zero-order valence-corrected chi connectivity index (χ0v) is 12.7. The van der Waals surface area contributed by atoms with E-state index in [2.05, 4.69) is 38.0 Å². The Morgan fingerprint density at radius 2 is 2.00 bits per heavy atom. The minimum Gasteiger partial charge on any atom is -0.377 e. The number of rotatable bonds is 11. The fourth-order valence-electron chi connectivity index (χ4n) is 2.08. The van der Waals surface area contributed by atoms with Gasteiger partial charge in [0.1, 0.15) is 0 Å². The summed E-state index contributed by atoms with van der Waals surface area (Å²) in [6.45, 7) is 10.9. The van der Waals surface area contributed by atoms with Gasteiger partial charge in [-0.1, -0.05) is 13.8 Å². The maximum atomic E-state index is 5.85. The van der Waals surface area contributed by atoms with Crippen LogP contribution in [-0.2, 0) is 4.74 Å². The van der Waals surface area contributed by atoms with Crippen molar-refractivity contribution in [2.24, 2.45) is 5.92 Å². The summed E-state index contributed by atoms with van der Waals surface area (Å²) in [6, 6.07) is 0.851. The first-order valence-electron chi connectivity index (χ1n) is 7.62. The van der Waals surface area contributed by atoms with Crippen LogP contribution in [0.15, 0.2) is 0 Å². The summed E-state index contributed by atoms with van der Waals surface area (Å²) in [5.74, 6) is 0.747. The van der Waals surface area contributed by atoms with Crippen molar-refractivity contribution < 1.29 is 4.74 Å². The minimum atomic E-state index is 0.401. The third-order valence-electron chi connectivity index (χ3n) is 3.53. The molecule has 1 aliphatic rings. The van der Waals surface area contributed by atoms with Gasteiger partial charge in [0, 0.05) is 12.6 Å². The third-order valence-corrected chi connectivity index (χ3v) is 3.53. The average molecular weight is 256 g/mol. The Labute approximate surface area is 113 Å². The number of nitrogens with one attached hydrogen (secondary N) is 1. The van der Waals surface area contributed by atoms with E-state index in [0.29, 0.717) is 6.10 Å². The second-order valence-corrected chi connectivity index (χ2v) is 6.13. The molecule has 108 valence electrons. The van der Waals surface area contributed by atoms with Gasteiger partial charge >= 0.3 is 0 Å². The van der Waals surface area contributed by atoms with E-state index in [1.165, 1.54) is 19.3 Å². The number of hydrogen-bond acceptors (Lipinski definition) is 3. The van der Waals surface area contributed by atoms with Gasteiger partial charge in [0.05, 0.1) is 12.7 Å². The Morgan fingerprint density at radius 1 is 1.28 bits per heavy atom. The molecule has 3 heteroatoms. The fourth-order valence-corrected chi connectivity index (χ4v) is 2.08. The monoisotopic (exact) mass is 256 g/mol. The molecule has 0 saturated heterocycles. The molecule has 0 aromatic carbocycles. The van der Waals surface area contributed by atoms with E-state index in [1.54, 1.807) is 0 Å². The topological polar surface area (TPSA) is 24.5 Å². The first-order chi connectivity index (χ1) is 8.59. The van der Waals surface area contributed by atoms with Crippen LogP contribution < -0.4 is 5.32 Å². The second kappa shape index (κ2) is 8.89. The van der Waals surface area contributed by atoms with Crippen LogP contribution in [0.4, 0.5) is 0 Å². The van der Waals surface area contributed by atoms with E-state index in [4.69, 9.17) is 4.74 Å². The number of hydrogen-bond donors (Lipinski definition) is 1. The van der Waals surface area contributed by atoms with Crippen molar-refractivity contribution in [3.05, 3.63) is 0 Å². The lowest BCUT2D eigenvalue weighted by Crippen LogP contribution is -2.27. The zero-order chi connectivity index (χ0) is 13.4. The van der Waals surface area contributed by atoms with Gasteiger partial charge < -0.3 is 15.0 Å². The van der Waals surface area contributed by atoms with E-state index < -0.39 is 0 Å². The van der Waals surface area contributed by atoms with Crippen molar-refractivity contribution in [3.63, 3.8) is 0 Å². The number of nitrogens with zero attached hydrogens (tertiary/aromatic N) is 1. The van der Waals surface area contributed by atoms with Crippen molar-refractivity contribution in [2.45, 2.75) is 58.6 Å². The molecule has 3 nitrogen and oxygen atoms in total. The molecule has 1 N–H and O–H groups in total. The SMILES string of the molecule is CC(C)CNCCCC(C)OCCN(C)C1CC1. The van der Waals surface area contributed by atoms with Gasteiger partial charge in [-0.05, 0) is 58.7 Å². The second-order valence-electron chi connectivity index (χ2n) is 6.13. The van der Waals surface area contributed by atoms with E-state index in [1.807, 2.05) is 0 Å². The summed E-state index contributed by atoms with van der Waals surface area (Å²) in [6.07, 6.45) is 5.55. The number of likely N-dealkylation sites (N-methyl/N-ethyl adjacent to an activating group) is 1.